The minimum Gasteiger partial charge on any atom is -0.497 e. The molecule has 0 radical (unpaired) electrons. The molecule has 3 rings (SSSR count). The first-order valence-corrected chi connectivity index (χ1v) is 6.51. The van der Waals surface area contributed by atoms with Gasteiger partial charge in [0.25, 0.3) is 0 Å². The smallest absolute Gasteiger partial charge is 0.121 e. The van der Waals surface area contributed by atoms with Gasteiger partial charge in [-0.25, -0.2) is 4.98 Å². The Morgan fingerprint density at radius 2 is 2.28 bits per heavy atom. The zero-order valence-electron chi connectivity index (χ0n) is 9.80. The number of hydrogen-bond donors (Lipinski definition) is 0. The fourth-order valence-electron chi connectivity index (χ4n) is 1.93. The zero-order chi connectivity index (χ0) is 12.5. The van der Waals surface area contributed by atoms with Crippen molar-refractivity contribution in [2.75, 3.05) is 12.9 Å². The first kappa shape index (κ1) is 11.1. The van der Waals surface area contributed by atoms with Crippen LogP contribution in [0.25, 0.3) is 17.0 Å². The van der Waals surface area contributed by atoms with Gasteiger partial charge in [0.1, 0.15) is 10.8 Å². The number of nitrogens with zero attached hydrogens (tertiary/aromatic N) is 2. The molecule has 1 aromatic heterocycles. The van der Waals surface area contributed by atoms with Crippen molar-refractivity contribution in [1.29, 1.82) is 5.26 Å². The van der Waals surface area contributed by atoms with Crippen LogP contribution in [0, 0.1) is 11.3 Å². The Morgan fingerprint density at radius 3 is 3.06 bits per heavy atom. The van der Waals surface area contributed by atoms with Crippen LogP contribution in [-0.4, -0.2) is 17.8 Å². The minimum absolute atomic E-state index is 0.700. The Labute approximate surface area is 109 Å². The van der Waals surface area contributed by atoms with Crippen LogP contribution < -0.4 is 4.74 Å². The molecule has 4 heteroatoms. The molecule has 0 saturated heterocycles. The van der Waals surface area contributed by atoms with Crippen LogP contribution in [0.4, 0.5) is 0 Å². The first-order valence-electron chi connectivity index (χ1n) is 5.52. The van der Waals surface area contributed by atoms with E-state index in [1.165, 1.54) is 0 Å². The molecule has 0 atom stereocenters. The summed E-state index contributed by atoms with van der Waals surface area (Å²) < 4.78 is 5.20. The van der Waals surface area contributed by atoms with Crippen LogP contribution in [0.1, 0.15) is 5.56 Å². The summed E-state index contributed by atoms with van der Waals surface area (Å²) in [5.41, 5.74) is 2.75. The SMILES string of the molecule is COc1ccc2cc3c(nc2c1)SCC(C#N)=C3. The van der Waals surface area contributed by atoms with Gasteiger partial charge in [-0.2, -0.15) is 5.26 Å². The van der Waals surface area contributed by atoms with Crippen LogP contribution in [0.2, 0.25) is 0 Å². The number of pyridine rings is 1. The Morgan fingerprint density at radius 1 is 1.39 bits per heavy atom. The third kappa shape index (κ3) is 1.83. The molecule has 2 heterocycles. The second-order valence-electron chi connectivity index (χ2n) is 4.01. The first-order chi connectivity index (χ1) is 8.80. The molecule has 0 aliphatic carbocycles. The van der Waals surface area contributed by atoms with Gasteiger partial charge < -0.3 is 4.74 Å². The maximum Gasteiger partial charge on any atom is 0.121 e. The van der Waals surface area contributed by atoms with Crippen molar-refractivity contribution in [3.05, 3.63) is 35.4 Å². The molecule has 88 valence electrons. The van der Waals surface area contributed by atoms with Crippen molar-refractivity contribution in [3.8, 4) is 11.8 Å². The Balaban J connectivity index is 2.19. The predicted molar refractivity (Wildman–Crippen MR) is 72.6 cm³/mol. The van der Waals surface area contributed by atoms with Crippen molar-refractivity contribution in [2.24, 2.45) is 0 Å². The van der Waals surface area contributed by atoms with Gasteiger partial charge in [0.05, 0.1) is 18.7 Å². The van der Waals surface area contributed by atoms with E-state index in [1.54, 1.807) is 18.9 Å². The van der Waals surface area contributed by atoms with Gasteiger partial charge in [-0.05, 0) is 24.3 Å². The summed E-state index contributed by atoms with van der Waals surface area (Å²) in [5, 5.41) is 11.0. The van der Waals surface area contributed by atoms with E-state index in [-0.39, 0.29) is 0 Å². The molecule has 0 bridgehead atoms. The fourth-order valence-corrected chi connectivity index (χ4v) is 2.82. The van der Waals surface area contributed by atoms with E-state index >= 15 is 0 Å². The molecule has 3 nitrogen and oxygen atoms in total. The van der Waals surface area contributed by atoms with Crippen molar-refractivity contribution in [3.63, 3.8) is 0 Å². The highest BCUT2D eigenvalue weighted by molar-refractivity contribution is 7.99. The topological polar surface area (TPSA) is 45.9 Å². The molecule has 0 amide bonds. The molecule has 1 aliphatic rings. The molecule has 0 fully saturated rings. The molecule has 0 spiro atoms. The lowest BCUT2D eigenvalue weighted by Crippen LogP contribution is -1.97. The summed E-state index contributed by atoms with van der Waals surface area (Å²) in [4.78, 5) is 4.62. The molecule has 1 aliphatic heterocycles. The fraction of sp³-hybridized carbons (Fsp3) is 0.143. The number of ether oxygens (including phenoxy) is 1. The Hall–Kier alpha value is -1.99. The molecule has 1 aromatic carbocycles. The van der Waals surface area contributed by atoms with E-state index in [9.17, 15) is 0 Å². The summed E-state index contributed by atoms with van der Waals surface area (Å²) in [6, 6.07) is 10.1. The van der Waals surface area contributed by atoms with Crippen molar-refractivity contribution in [1.82, 2.24) is 4.98 Å². The molecule has 2 aromatic rings. The lowest BCUT2D eigenvalue weighted by Gasteiger charge is -2.12. The number of aromatic nitrogens is 1. The highest BCUT2D eigenvalue weighted by atomic mass is 32.2. The maximum atomic E-state index is 8.93. The number of fused-ring (bicyclic) bond motifs is 2. The quantitative estimate of drug-likeness (QED) is 0.783. The van der Waals surface area contributed by atoms with Crippen LogP contribution >= 0.6 is 11.8 Å². The van der Waals surface area contributed by atoms with Gasteiger partial charge in [-0.3, -0.25) is 0 Å². The van der Waals surface area contributed by atoms with Crippen molar-refractivity contribution in [2.45, 2.75) is 5.03 Å². The van der Waals surface area contributed by atoms with E-state index in [0.29, 0.717) is 5.75 Å². The average Bonchev–Trinajstić information content (AvgIpc) is 2.43. The van der Waals surface area contributed by atoms with Gasteiger partial charge >= 0.3 is 0 Å². The standard InChI is InChI=1S/C14H10N2OS/c1-17-12-3-2-10-5-11-4-9(7-15)8-18-14(11)16-13(10)6-12/h2-6H,8H2,1H3. The number of methoxy groups -OCH3 is 1. The Kier molecular flexibility index (Phi) is 2.69. The summed E-state index contributed by atoms with van der Waals surface area (Å²) in [6.07, 6.45) is 1.92. The predicted octanol–water partition coefficient (Wildman–Crippen LogP) is 3.26. The summed E-state index contributed by atoms with van der Waals surface area (Å²) in [7, 11) is 1.65. The van der Waals surface area contributed by atoms with Gasteiger partial charge in [0.15, 0.2) is 0 Å². The monoisotopic (exact) mass is 254 g/mol. The second kappa shape index (κ2) is 4.35. The van der Waals surface area contributed by atoms with E-state index in [0.717, 1.165) is 32.8 Å². The number of thioether (sulfide) groups is 1. The minimum atomic E-state index is 0.700. The third-order valence-corrected chi connectivity index (χ3v) is 3.91. The number of benzene rings is 1. The maximum absolute atomic E-state index is 8.93. The summed E-state index contributed by atoms with van der Waals surface area (Å²) in [5.74, 6) is 1.51. The normalized spacial score (nSPS) is 13.7. The molecular formula is C14H10N2OS. The van der Waals surface area contributed by atoms with Crippen molar-refractivity contribution >= 4 is 28.7 Å². The third-order valence-electron chi connectivity index (χ3n) is 2.86. The van der Waals surface area contributed by atoms with E-state index in [4.69, 9.17) is 10.00 Å². The van der Waals surface area contributed by atoms with Gasteiger partial charge in [0, 0.05) is 28.3 Å². The number of nitriles is 1. The molecule has 0 N–H and O–H groups in total. The lowest BCUT2D eigenvalue weighted by molar-refractivity contribution is 0.415. The summed E-state index contributed by atoms with van der Waals surface area (Å²) >= 11 is 1.61. The van der Waals surface area contributed by atoms with Gasteiger partial charge in [-0.15, -0.1) is 11.8 Å². The van der Waals surface area contributed by atoms with Crippen LogP contribution in [0.5, 0.6) is 5.75 Å². The van der Waals surface area contributed by atoms with Crippen molar-refractivity contribution < 1.29 is 4.74 Å². The molecular weight excluding hydrogens is 244 g/mol. The molecule has 0 saturated carbocycles. The molecule has 18 heavy (non-hydrogen) atoms. The second-order valence-corrected chi connectivity index (χ2v) is 4.98. The van der Waals surface area contributed by atoms with Gasteiger partial charge in [-0.1, -0.05) is 0 Å². The van der Waals surface area contributed by atoms with Crippen LogP contribution in [-0.2, 0) is 0 Å². The van der Waals surface area contributed by atoms with Crippen LogP contribution in [0.3, 0.4) is 0 Å². The lowest BCUT2D eigenvalue weighted by atomic mass is 10.1. The van der Waals surface area contributed by atoms with Crippen LogP contribution in [0.15, 0.2) is 34.9 Å². The largest absolute Gasteiger partial charge is 0.497 e. The Bertz CT molecular complexity index is 701. The number of hydrogen-bond acceptors (Lipinski definition) is 4. The average molecular weight is 254 g/mol. The van der Waals surface area contributed by atoms with Gasteiger partial charge in [0.2, 0.25) is 0 Å². The zero-order valence-corrected chi connectivity index (χ0v) is 10.6. The van der Waals surface area contributed by atoms with E-state index in [1.807, 2.05) is 24.3 Å². The summed E-state index contributed by atoms with van der Waals surface area (Å²) in [6.45, 7) is 0. The number of rotatable bonds is 1. The van der Waals surface area contributed by atoms with E-state index < -0.39 is 0 Å². The highest BCUT2D eigenvalue weighted by Crippen LogP contribution is 2.33. The highest BCUT2D eigenvalue weighted by Gasteiger charge is 2.13. The molecule has 0 unspecified atom stereocenters. The van der Waals surface area contributed by atoms with E-state index in [2.05, 4.69) is 17.1 Å².